The first kappa shape index (κ1) is 14.7. The van der Waals surface area contributed by atoms with Crippen LogP contribution in [0.1, 0.15) is 13.8 Å². The molecule has 0 amide bonds. The van der Waals surface area contributed by atoms with Gasteiger partial charge in [0.05, 0.1) is 23.3 Å². The molecular formula is C10H19BrO3Si. The zero-order chi connectivity index (χ0) is 12.1. The van der Waals surface area contributed by atoms with Gasteiger partial charge in [-0.15, -0.1) is 0 Å². The summed E-state index contributed by atoms with van der Waals surface area (Å²) in [4.78, 5) is 11.3. The van der Waals surface area contributed by atoms with Gasteiger partial charge in [-0.05, 0) is 33.5 Å². The molecule has 15 heavy (non-hydrogen) atoms. The lowest BCUT2D eigenvalue weighted by atomic mass is 10.4. The summed E-state index contributed by atoms with van der Waals surface area (Å²) in [5, 5.41) is 0.532. The predicted octanol–water partition coefficient (Wildman–Crippen LogP) is 3.07. The van der Waals surface area contributed by atoms with Gasteiger partial charge in [-0.3, -0.25) is 0 Å². The second-order valence-electron chi connectivity index (χ2n) is 4.44. The molecule has 0 aliphatic heterocycles. The fourth-order valence-electron chi connectivity index (χ4n) is 0.886. The van der Waals surface area contributed by atoms with Gasteiger partial charge in [0.25, 0.3) is 0 Å². The maximum Gasteiger partial charge on any atom is 0.334 e. The molecule has 0 unspecified atom stereocenters. The predicted molar refractivity (Wildman–Crippen MR) is 67.5 cm³/mol. The Morgan fingerprint density at radius 2 is 1.93 bits per heavy atom. The highest BCUT2D eigenvalue weighted by molar-refractivity contribution is 9.09. The van der Waals surface area contributed by atoms with Crippen LogP contribution in [-0.4, -0.2) is 25.7 Å². The fraction of sp³-hybridized carbons (Fsp3) is 0.700. The molecule has 0 aliphatic rings. The third kappa shape index (κ3) is 8.69. The molecule has 5 heteroatoms. The SMILES string of the molecule is CC(C)OC(=O)/C=C(/CBr)O[Si](C)(C)C. The van der Waals surface area contributed by atoms with Crippen LogP contribution in [0.2, 0.25) is 19.6 Å². The van der Waals surface area contributed by atoms with E-state index in [1.54, 1.807) is 0 Å². The third-order valence-corrected chi connectivity index (χ3v) is 2.63. The van der Waals surface area contributed by atoms with E-state index < -0.39 is 8.32 Å². The molecule has 0 saturated heterocycles. The minimum Gasteiger partial charge on any atom is -0.546 e. The van der Waals surface area contributed by atoms with Crippen molar-refractivity contribution in [3.63, 3.8) is 0 Å². The lowest BCUT2D eigenvalue weighted by molar-refractivity contribution is -0.141. The van der Waals surface area contributed by atoms with Crippen molar-refractivity contribution in [2.24, 2.45) is 0 Å². The average molecular weight is 295 g/mol. The van der Waals surface area contributed by atoms with Crippen molar-refractivity contribution in [3.05, 3.63) is 11.8 Å². The van der Waals surface area contributed by atoms with E-state index >= 15 is 0 Å². The first-order valence-corrected chi connectivity index (χ1v) is 9.43. The van der Waals surface area contributed by atoms with E-state index in [1.165, 1.54) is 6.08 Å². The number of ether oxygens (including phenoxy) is 1. The van der Waals surface area contributed by atoms with Gasteiger partial charge < -0.3 is 9.16 Å². The smallest absolute Gasteiger partial charge is 0.334 e. The number of alkyl halides is 1. The second-order valence-corrected chi connectivity index (χ2v) is 9.43. The molecule has 0 spiro atoms. The number of esters is 1. The Kier molecular flexibility index (Phi) is 6.20. The van der Waals surface area contributed by atoms with Crippen molar-refractivity contribution in [2.75, 3.05) is 5.33 Å². The number of carbonyl (C=O) groups is 1. The Bertz CT molecular complexity index is 244. The molecule has 0 fully saturated rings. The first-order chi connectivity index (χ1) is 6.74. The summed E-state index contributed by atoms with van der Waals surface area (Å²) in [6.07, 6.45) is 1.31. The van der Waals surface area contributed by atoms with E-state index in [-0.39, 0.29) is 12.1 Å². The largest absolute Gasteiger partial charge is 0.546 e. The Morgan fingerprint density at radius 1 is 1.40 bits per heavy atom. The molecule has 0 heterocycles. The van der Waals surface area contributed by atoms with Crippen LogP contribution in [-0.2, 0) is 14.0 Å². The zero-order valence-corrected chi connectivity index (χ0v) is 12.6. The van der Waals surface area contributed by atoms with Crippen molar-refractivity contribution in [3.8, 4) is 0 Å². The summed E-state index contributed by atoms with van der Waals surface area (Å²) in [5.41, 5.74) is 0. The van der Waals surface area contributed by atoms with Gasteiger partial charge in [-0.25, -0.2) is 4.79 Å². The highest BCUT2D eigenvalue weighted by Gasteiger charge is 2.18. The summed E-state index contributed by atoms with van der Waals surface area (Å²) in [6, 6.07) is 0. The maximum absolute atomic E-state index is 11.3. The number of rotatable bonds is 5. The molecule has 0 aromatic carbocycles. The molecule has 0 aromatic heterocycles. The van der Waals surface area contributed by atoms with Gasteiger partial charge in [0.1, 0.15) is 0 Å². The number of hydrogen-bond donors (Lipinski definition) is 0. The van der Waals surface area contributed by atoms with Crippen molar-refractivity contribution < 1.29 is 14.0 Å². The molecule has 3 nitrogen and oxygen atoms in total. The van der Waals surface area contributed by atoms with E-state index in [2.05, 4.69) is 35.6 Å². The van der Waals surface area contributed by atoms with E-state index in [0.717, 1.165) is 0 Å². The van der Waals surface area contributed by atoms with Gasteiger partial charge in [-0.2, -0.15) is 0 Å². The zero-order valence-electron chi connectivity index (χ0n) is 9.96. The third-order valence-electron chi connectivity index (χ3n) is 1.20. The topological polar surface area (TPSA) is 35.5 Å². The first-order valence-electron chi connectivity index (χ1n) is 4.91. The molecule has 0 saturated carbocycles. The highest BCUT2D eigenvalue weighted by Crippen LogP contribution is 2.12. The standard InChI is InChI=1S/C10H19BrO3Si/c1-8(2)13-10(12)6-9(7-11)14-15(3,4)5/h6,8H,7H2,1-5H3/b9-6-. The number of allylic oxidation sites excluding steroid dienone is 1. The quantitative estimate of drug-likeness (QED) is 0.257. The number of halogens is 1. The summed E-state index contributed by atoms with van der Waals surface area (Å²) in [5.74, 6) is 0.289. The minimum atomic E-state index is -1.65. The van der Waals surface area contributed by atoms with E-state index in [4.69, 9.17) is 9.16 Å². The van der Waals surface area contributed by atoms with E-state index in [9.17, 15) is 4.79 Å². The number of hydrogen-bond acceptors (Lipinski definition) is 3. The monoisotopic (exact) mass is 294 g/mol. The van der Waals surface area contributed by atoms with Gasteiger partial charge in [0, 0.05) is 0 Å². The van der Waals surface area contributed by atoms with Crippen molar-refractivity contribution >= 4 is 30.2 Å². The normalized spacial score (nSPS) is 12.9. The Balaban J connectivity index is 4.39. The van der Waals surface area contributed by atoms with Crippen LogP contribution < -0.4 is 0 Å². The van der Waals surface area contributed by atoms with Crippen molar-refractivity contribution in [2.45, 2.75) is 39.6 Å². The summed E-state index contributed by atoms with van der Waals surface area (Å²) in [7, 11) is -1.65. The maximum atomic E-state index is 11.3. The Hall–Kier alpha value is -0.293. The minimum absolute atomic E-state index is 0.0998. The molecular weight excluding hydrogens is 276 g/mol. The van der Waals surface area contributed by atoms with Crippen LogP contribution in [0.3, 0.4) is 0 Å². The molecule has 0 aromatic rings. The van der Waals surface area contributed by atoms with Gasteiger partial charge in [0.15, 0.2) is 0 Å². The van der Waals surface area contributed by atoms with Crippen LogP contribution in [0.15, 0.2) is 11.8 Å². The highest BCUT2D eigenvalue weighted by atomic mass is 79.9. The molecule has 88 valence electrons. The summed E-state index contributed by atoms with van der Waals surface area (Å²) >= 11 is 3.28. The Morgan fingerprint density at radius 3 is 2.27 bits per heavy atom. The van der Waals surface area contributed by atoms with Gasteiger partial charge in [-0.1, -0.05) is 15.9 Å². The molecule has 0 radical (unpaired) electrons. The van der Waals surface area contributed by atoms with Crippen molar-refractivity contribution in [1.29, 1.82) is 0 Å². The van der Waals surface area contributed by atoms with Crippen LogP contribution in [0.5, 0.6) is 0 Å². The Labute approximate surface area is 101 Å². The van der Waals surface area contributed by atoms with Crippen LogP contribution in [0, 0.1) is 0 Å². The molecule has 0 bridgehead atoms. The number of carbonyl (C=O) groups excluding carboxylic acids is 1. The second kappa shape index (κ2) is 6.32. The molecule has 0 atom stereocenters. The molecule has 0 rings (SSSR count). The summed E-state index contributed by atoms with van der Waals surface area (Å²) < 4.78 is 10.7. The van der Waals surface area contributed by atoms with Gasteiger partial charge >= 0.3 is 5.97 Å². The molecule has 0 N–H and O–H groups in total. The van der Waals surface area contributed by atoms with Crippen molar-refractivity contribution in [1.82, 2.24) is 0 Å². The fourth-order valence-corrected chi connectivity index (χ4v) is 2.29. The lowest BCUT2D eigenvalue weighted by Crippen LogP contribution is -2.25. The van der Waals surface area contributed by atoms with E-state index in [0.29, 0.717) is 11.1 Å². The van der Waals surface area contributed by atoms with Crippen LogP contribution in [0.4, 0.5) is 0 Å². The lowest BCUT2D eigenvalue weighted by Gasteiger charge is -2.20. The van der Waals surface area contributed by atoms with Crippen LogP contribution >= 0.6 is 15.9 Å². The average Bonchev–Trinajstić information content (AvgIpc) is 1.98. The van der Waals surface area contributed by atoms with Gasteiger partial charge in [0.2, 0.25) is 8.32 Å². The molecule has 0 aliphatic carbocycles. The van der Waals surface area contributed by atoms with E-state index in [1.807, 2.05) is 13.8 Å². The van der Waals surface area contributed by atoms with Crippen LogP contribution in [0.25, 0.3) is 0 Å². The summed E-state index contributed by atoms with van der Waals surface area (Å²) in [6.45, 7) is 9.84.